The fraction of sp³-hybridized carbons (Fsp3) is 0.0588. The lowest BCUT2D eigenvalue weighted by Gasteiger charge is -2.04. The van der Waals surface area contributed by atoms with Gasteiger partial charge in [0.15, 0.2) is 0 Å². The predicted octanol–water partition coefficient (Wildman–Crippen LogP) is 3.42. The van der Waals surface area contributed by atoms with Gasteiger partial charge in [-0.3, -0.25) is 15.0 Å². The zero-order chi connectivity index (χ0) is 16.4. The summed E-state index contributed by atoms with van der Waals surface area (Å²) >= 11 is 3.42. The monoisotopic (exact) mass is 372 g/mol. The molecule has 3 aromatic rings. The number of halogens is 1. The molecule has 0 aliphatic heterocycles. The Morgan fingerprint density at radius 3 is 2.48 bits per heavy atom. The van der Waals surface area contributed by atoms with Gasteiger partial charge in [-0.2, -0.15) is 0 Å². The molecule has 2 aromatic carbocycles. The molecule has 116 valence electrons. The SMILES string of the molecule is O=C(O)c1ccc(-c2[nH][nH]c(=O)c2Cc2cccc(Br)c2)cc1. The van der Waals surface area contributed by atoms with E-state index in [0.717, 1.165) is 15.6 Å². The molecule has 0 amide bonds. The van der Waals surface area contributed by atoms with Crippen molar-refractivity contribution in [1.29, 1.82) is 0 Å². The number of carboxylic acid groups (broad SMARTS) is 1. The fourth-order valence-electron chi connectivity index (χ4n) is 2.43. The molecule has 3 N–H and O–H groups in total. The summed E-state index contributed by atoms with van der Waals surface area (Å²) in [6.45, 7) is 0. The van der Waals surface area contributed by atoms with Gasteiger partial charge in [0.05, 0.1) is 11.3 Å². The second-order valence-corrected chi connectivity index (χ2v) is 6.04. The second kappa shape index (κ2) is 6.26. The van der Waals surface area contributed by atoms with Crippen LogP contribution in [0.15, 0.2) is 57.8 Å². The van der Waals surface area contributed by atoms with Gasteiger partial charge in [-0.1, -0.05) is 40.2 Å². The number of hydrogen-bond acceptors (Lipinski definition) is 2. The molecule has 0 fully saturated rings. The van der Waals surface area contributed by atoms with Crippen LogP contribution in [0.1, 0.15) is 21.5 Å². The maximum atomic E-state index is 12.1. The van der Waals surface area contributed by atoms with E-state index in [0.29, 0.717) is 17.7 Å². The first kappa shape index (κ1) is 15.3. The van der Waals surface area contributed by atoms with Crippen LogP contribution in [-0.4, -0.2) is 21.3 Å². The van der Waals surface area contributed by atoms with E-state index in [2.05, 4.69) is 26.1 Å². The Kier molecular flexibility index (Phi) is 4.16. The number of aromatic nitrogens is 2. The molecule has 0 radical (unpaired) electrons. The smallest absolute Gasteiger partial charge is 0.335 e. The molecule has 1 aromatic heterocycles. The van der Waals surface area contributed by atoms with Crippen molar-refractivity contribution in [3.05, 3.63) is 80.0 Å². The predicted molar refractivity (Wildman–Crippen MR) is 90.8 cm³/mol. The number of aromatic amines is 2. The number of rotatable bonds is 4. The molecule has 0 atom stereocenters. The van der Waals surface area contributed by atoms with E-state index in [1.807, 2.05) is 24.3 Å². The highest BCUT2D eigenvalue weighted by Crippen LogP contribution is 2.22. The maximum absolute atomic E-state index is 12.1. The van der Waals surface area contributed by atoms with Crippen LogP contribution in [0.3, 0.4) is 0 Å². The third-order valence-corrected chi connectivity index (χ3v) is 4.06. The van der Waals surface area contributed by atoms with Gasteiger partial charge in [0.25, 0.3) is 5.56 Å². The van der Waals surface area contributed by atoms with E-state index in [1.165, 1.54) is 12.1 Å². The number of aromatic carboxylic acids is 1. The van der Waals surface area contributed by atoms with Crippen LogP contribution in [0.4, 0.5) is 0 Å². The number of H-pyrrole nitrogens is 2. The van der Waals surface area contributed by atoms with Crippen molar-refractivity contribution in [2.24, 2.45) is 0 Å². The molecule has 0 bridgehead atoms. The number of nitrogens with one attached hydrogen (secondary N) is 2. The summed E-state index contributed by atoms with van der Waals surface area (Å²) in [5.74, 6) is -0.978. The van der Waals surface area contributed by atoms with Gasteiger partial charge in [-0.15, -0.1) is 0 Å². The van der Waals surface area contributed by atoms with Gasteiger partial charge in [0.1, 0.15) is 0 Å². The maximum Gasteiger partial charge on any atom is 0.335 e. The molecule has 5 nitrogen and oxygen atoms in total. The molecule has 23 heavy (non-hydrogen) atoms. The zero-order valence-corrected chi connectivity index (χ0v) is 13.6. The Labute approximate surface area is 140 Å². The van der Waals surface area contributed by atoms with Crippen LogP contribution >= 0.6 is 15.9 Å². The van der Waals surface area contributed by atoms with Crippen molar-refractivity contribution in [1.82, 2.24) is 10.2 Å². The summed E-state index contributed by atoms with van der Waals surface area (Å²) < 4.78 is 0.953. The number of carbonyl (C=O) groups is 1. The molecular formula is C17H13BrN2O3. The first-order valence-corrected chi connectivity index (χ1v) is 7.71. The normalized spacial score (nSPS) is 10.7. The van der Waals surface area contributed by atoms with Gasteiger partial charge in [0.2, 0.25) is 0 Å². The summed E-state index contributed by atoms with van der Waals surface area (Å²) in [5, 5.41) is 14.4. The average Bonchev–Trinajstić information content (AvgIpc) is 2.88. The largest absolute Gasteiger partial charge is 0.478 e. The Bertz CT molecular complexity index is 910. The van der Waals surface area contributed by atoms with Gasteiger partial charge in [-0.05, 0) is 35.4 Å². The number of hydrogen-bond donors (Lipinski definition) is 3. The van der Waals surface area contributed by atoms with Gasteiger partial charge < -0.3 is 5.11 Å². The Balaban J connectivity index is 1.98. The minimum absolute atomic E-state index is 0.178. The van der Waals surface area contributed by atoms with Crippen LogP contribution in [0.5, 0.6) is 0 Å². The Morgan fingerprint density at radius 2 is 1.83 bits per heavy atom. The summed E-state index contributed by atoms with van der Waals surface area (Å²) in [6, 6.07) is 14.2. The Morgan fingerprint density at radius 1 is 1.09 bits per heavy atom. The average molecular weight is 373 g/mol. The standard InChI is InChI=1S/C17H13BrN2O3/c18-13-3-1-2-10(8-13)9-14-15(19-20-16(14)21)11-4-6-12(7-5-11)17(22)23/h1-8H,9H2,(H,22,23)(H2,19,20,21). The highest BCUT2D eigenvalue weighted by Gasteiger charge is 2.13. The number of carboxylic acids is 1. The van der Waals surface area contributed by atoms with E-state index < -0.39 is 5.97 Å². The molecule has 3 rings (SSSR count). The van der Waals surface area contributed by atoms with Crippen molar-refractivity contribution < 1.29 is 9.90 Å². The van der Waals surface area contributed by atoms with Gasteiger partial charge >= 0.3 is 5.97 Å². The van der Waals surface area contributed by atoms with Crippen LogP contribution in [0.25, 0.3) is 11.3 Å². The molecule has 1 heterocycles. The summed E-state index contributed by atoms with van der Waals surface area (Å²) in [7, 11) is 0. The van der Waals surface area contributed by atoms with Crippen molar-refractivity contribution in [3.8, 4) is 11.3 Å². The molecule has 0 unspecified atom stereocenters. The molecular weight excluding hydrogens is 360 g/mol. The molecule has 0 aliphatic carbocycles. The van der Waals surface area contributed by atoms with E-state index in [-0.39, 0.29) is 11.1 Å². The lowest BCUT2D eigenvalue weighted by Crippen LogP contribution is -2.06. The van der Waals surface area contributed by atoms with Crippen LogP contribution in [0.2, 0.25) is 0 Å². The fourth-order valence-corrected chi connectivity index (χ4v) is 2.88. The first-order chi connectivity index (χ1) is 11.0. The van der Waals surface area contributed by atoms with Crippen LogP contribution < -0.4 is 5.56 Å². The summed E-state index contributed by atoms with van der Waals surface area (Å²) in [4.78, 5) is 23.0. The van der Waals surface area contributed by atoms with Crippen LogP contribution in [0, 0.1) is 0 Å². The Hall–Kier alpha value is -2.60. The molecule has 0 saturated heterocycles. The van der Waals surface area contributed by atoms with Crippen molar-refractivity contribution in [3.63, 3.8) is 0 Å². The van der Waals surface area contributed by atoms with E-state index in [1.54, 1.807) is 12.1 Å². The second-order valence-electron chi connectivity index (χ2n) is 5.12. The van der Waals surface area contributed by atoms with Gasteiger partial charge in [0, 0.05) is 16.5 Å². The van der Waals surface area contributed by atoms with Crippen molar-refractivity contribution >= 4 is 21.9 Å². The van der Waals surface area contributed by atoms with Gasteiger partial charge in [-0.25, -0.2) is 4.79 Å². The van der Waals surface area contributed by atoms with Crippen molar-refractivity contribution in [2.45, 2.75) is 6.42 Å². The first-order valence-electron chi connectivity index (χ1n) is 6.92. The minimum atomic E-state index is -0.978. The zero-order valence-electron chi connectivity index (χ0n) is 12.0. The summed E-state index contributed by atoms with van der Waals surface area (Å²) in [5.41, 5.74) is 3.09. The molecule has 0 saturated carbocycles. The third-order valence-electron chi connectivity index (χ3n) is 3.57. The quantitative estimate of drug-likeness (QED) is 0.655. The van der Waals surface area contributed by atoms with E-state index >= 15 is 0 Å². The molecule has 0 spiro atoms. The lowest BCUT2D eigenvalue weighted by molar-refractivity contribution is 0.0697. The summed E-state index contributed by atoms with van der Waals surface area (Å²) in [6.07, 6.45) is 0.480. The lowest BCUT2D eigenvalue weighted by atomic mass is 10.0. The highest BCUT2D eigenvalue weighted by atomic mass is 79.9. The number of benzene rings is 2. The third kappa shape index (κ3) is 3.27. The minimum Gasteiger partial charge on any atom is -0.478 e. The topological polar surface area (TPSA) is 85.9 Å². The van der Waals surface area contributed by atoms with Crippen LogP contribution in [-0.2, 0) is 6.42 Å². The highest BCUT2D eigenvalue weighted by molar-refractivity contribution is 9.10. The van der Waals surface area contributed by atoms with E-state index in [9.17, 15) is 9.59 Å². The van der Waals surface area contributed by atoms with Crippen molar-refractivity contribution in [2.75, 3.05) is 0 Å². The molecule has 6 heteroatoms. The molecule has 0 aliphatic rings. The van der Waals surface area contributed by atoms with E-state index in [4.69, 9.17) is 5.11 Å².